The molecule has 2 aromatic carbocycles. The lowest BCUT2D eigenvalue weighted by Gasteiger charge is -2.45. The van der Waals surface area contributed by atoms with Crippen molar-refractivity contribution < 1.29 is 10.3 Å². The molecule has 2 unspecified atom stereocenters. The molecule has 1 saturated heterocycles. The standard InChI is InChI=1S/C21H27NO2/c1-2-9-19-20(21(23)17-12-7-4-8-13-17)18(14-15-22(19)24)16-10-5-3-6-11-16/h3-8,10-13,18-21,23-24H,2,9,14-15H2,1H3/t18?,19-,20+,21?/m0/s1. The Morgan fingerprint density at radius 2 is 1.67 bits per heavy atom. The fourth-order valence-corrected chi connectivity index (χ4v) is 4.13. The number of piperidine rings is 1. The zero-order valence-corrected chi connectivity index (χ0v) is 14.3. The van der Waals surface area contributed by atoms with Crippen LogP contribution in [0.3, 0.4) is 0 Å². The third kappa shape index (κ3) is 3.54. The number of hydroxylamine groups is 2. The molecule has 1 aliphatic rings. The minimum absolute atomic E-state index is 0.0199. The van der Waals surface area contributed by atoms with Gasteiger partial charge in [0.2, 0.25) is 0 Å². The first-order chi connectivity index (χ1) is 11.7. The van der Waals surface area contributed by atoms with Gasteiger partial charge in [-0.3, -0.25) is 0 Å². The first kappa shape index (κ1) is 17.2. The Bertz CT molecular complexity index is 616. The van der Waals surface area contributed by atoms with Crippen molar-refractivity contribution in [1.29, 1.82) is 0 Å². The number of aliphatic hydroxyl groups excluding tert-OH is 1. The molecule has 2 N–H and O–H groups in total. The summed E-state index contributed by atoms with van der Waals surface area (Å²) in [5.74, 6) is 0.231. The van der Waals surface area contributed by atoms with Gasteiger partial charge >= 0.3 is 0 Å². The highest BCUT2D eigenvalue weighted by molar-refractivity contribution is 5.25. The predicted molar refractivity (Wildman–Crippen MR) is 95.9 cm³/mol. The molecule has 4 atom stereocenters. The van der Waals surface area contributed by atoms with Crippen molar-refractivity contribution in [1.82, 2.24) is 5.06 Å². The Kier molecular flexibility index (Phi) is 5.67. The normalized spacial score (nSPS) is 26.2. The monoisotopic (exact) mass is 325 g/mol. The highest BCUT2D eigenvalue weighted by atomic mass is 16.5. The van der Waals surface area contributed by atoms with Crippen molar-refractivity contribution in [2.75, 3.05) is 6.54 Å². The van der Waals surface area contributed by atoms with E-state index >= 15 is 0 Å². The molecule has 3 rings (SSSR count). The first-order valence-corrected chi connectivity index (χ1v) is 8.95. The first-order valence-electron chi connectivity index (χ1n) is 8.95. The van der Waals surface area contributed by atoms with Gasteiger partial charge in [0.25, 0.3) is 0 Å². The van der Waals surface area contributed by atoms with E-state index in [4.69, 9.17) is 0 Å². The summed E-state index contributed by atoms with van der Waals surface area (Å²) in [6.07, 6.45) is 2.15. The van der Waals surface area contributed by atoms with Crippen molar-refractivity contribution in [2.45, 2.75) is 44.2 Å². The van der Waals surface area contributed by atoms with E-state index in [1.165, 1.54) is 10.6 Å². The summed E-state index contributed by atoms with van der Waals surface area (Å²) < 4.78 is 0. The summed E-state index contributed by atoms with van der Waals surface area (Å²) in [6, 6.07) is 20.3. The molecule has 3 nitrogen and oxygen atoms in total. The molecule has 3 heteroatoms. The average molecular weight is 325 g/mol. The molecule has 128 valence electrons. The van der Waals surface area contributed by atoms with E-state index in [2.05, 4.69) is 31.2 Å². The van der Waals surface area contributed by atoms with Crippen molar-refractivity contribution in [3.05, 3.63) is 71.8 Å². The maximum Gasteiger partial charge on any atom is 0.0839 e. The van der Waals surface area contributed by atoms with Gasteiger partial charge in [0.1, 0.15) is 0 Å². The van der Waals surface area contributed by atoms with Crippen molar-refractivity contribution >= 4 is 0 Å². The minimum atomic E-state index is -0.581. The van der Waals surface area contributed by atoms with Gasteiger partial charge in [-0.05, 0) is 29.9 Å². The van der Waals surface area contributed by atoms with Gasteiger partial charge in [0, 0.05) is 18.5 Å². The highest BCUT2D eigenvalue weighted by Gasteiger charge is 2.42. The Hall–Kier alpha value is -1.68. The summed E-state index contributed by atoms with van der Waals surface area (Å²) in [4.78, 5) is 0. The molecule has 1 aliphatic heterocycles. The van der Waals surface area contributed by atoms with E-state index in [0.29, 0.717) is 6.54 Å². The number of rotatable bonds is 5. The second-order valence-electron chi connectivity index (χ2n) is 6.76. The minimum Gasteiger partial charge on any atom is -0.388 e. The highest BCUT2D eigenvalue weighted by Crippen LogP contribution is 2.44. The average Bonchev–Trinajstić information content (AvgIpc) is 2.64. The van der Waals surface area contributed by atoms with Crippen molar-refractivity contribution in [2.24, 2.45) is 5.92 Å². The number of hydrogen-bond donors (Lipinski definition) is 2. The van der Waals surface area contributed by atoms with Crippen LogP contribution < -0.4 is 0 Å². The van der Waals surface area contributed by atoms with Crippen LogP contribution >= 0.6 is 0 Å². The van der Waals surface area contributed by atoms with Gasteiger partial charge in [-0.15, -0.1) is 0 Å². The Morgan fingerprint density at radius 3 is 2.29 bits per heavy atom. The lowest BCUT2D eigenvalue weighted by atomic mass is 9.71. The van der Waals surface area contributed by atoms with Crippen LogP contribution in [0.15, 0.2) is 60.7 Å². The molecular formula is C21H27NO2. The van der Waals surface area contributed by atoms with Crippen molar-refractivity contribution in [3.8, 4) is 0 Å². The van der Waals surface area contributed by atoms with Crippen LogP contribution in [0.25, 0.3) is 0 Å². The molecule has 2 aromatic rings. The van der Waals surface area contributed by atoms with Gasteiger partial charge in [0.15, 0.2) is 0 Å². The Balaban J connectivity index is 1.97. The maximum absolute atomic E-state index is 11.2. The largest absolute Gasteiger partial charge is 0.388 e. The molecule has 1 fully saturated rings. The molecule has 0 saturated carbocycles. The zero-order chi connectivity index (χ0) is 16.9. The van der Waals surface area contributed by atoms with Gasteiger partial charge < -0.3 is 10.3 Å². The fraction of sp³-hybridized carbons (Fsp3) is 0.429. The quantitative estimate of drug-likeness (QED) is 0.857. The lowest BCUT2D eigenvalue weighted by molar-refractivity contribution is -0.180. The van der Waals surface area contributed by atoms with Crippen LogP contribution in [0.4, 0.5) is 0 Å². The molecule has 1 heterocycles. The Labute approximate surface area is 144 Å². The third-order valence-electron chi connectivity index (χ3n) is 5.28. The van der Waals surface area contributed by atoms with Gasteiger partial charge in [-0.2, -0.15) is 5.06 Å². The number of benzene rings is 2. The van der Waals surface area contributed by atoms with E-state index in [9.17, 15) is 10.3 Å². The zero-order valence-electron chi connectivity index (χ0n) is 14.3. The number of aliphatic hydroxyl groups is 1. The molecule has 0 spiro atoms. The predicted octanol–water partition coefficient (Wildman–Crippen LogP) is 4.38. The van der Waals surface area contributed by atoms with Gasteiger partial charge in [-0.25, -0.2) is 0 Å². The molecule has 0 bridgehead atoms. The second kappa shape index (κ2) is 7.93. The van der Waals surface area contributed by atoms with Crippen LogP contribution in [0.2, 0.25) is 0 Å². The third-order valence-corrected chi connectivity index (χ3v) is 5.28. The van der Waals surface area contributed by atoms with E-state index < -0.39 is 6.10 Å². The van der Waals surface area contributed by atoms with E-state index in [1.54, 1.807) is 0 Å². The fourth-order valence-electron chi connectivity index (χ4n) is 4.13. The Morgan fingerprint density at radius 1 is 1.04 bits per heavy atom. The molecular weight excluding hydrogens is 298 g/mol. The molecule has 0 amide bonds. The molecule has 0 radical (unpaired) electrons. The molecule has 0 aliphatic carbocycles. The van der Waals surface area contributed by atoms with Crippen LogP contribution in [0, 0.1) is 5.92 Å². The number of hydrogen-bond acceptors (Lipinski definition) is 3. The van der Waals surface area contributed by atoms with E-state index in [1.807, 2.05) is 36.4 Å². The summed E-state index contributed by atoms with van der Waals surface area (Å²) in [7, 11) is 0. The number of nitrogens with zero attached hydrogens (tertiary/aromatic N) is 1. The smallest absolute Gasteiger partial charge is 0.0839 e. The summed E-state index contributed by atoms with van der Waals surface area (Å²) >= 11 is 0. The van der Waals surface area contributed by atoms with E-state index in [-0.39, 0.29) is 17.9 Å². The lowest BCUT2D eigenvalue weighted by Crippen LogP contribution is -2.48. The van der Waals surface area contributed by atoms with Gasteiger partial charge in [0.05, 0.1) is 6.10 Å². The molecule has 24 heavy (non-hydrogen) atoms. The maximum atomic E-state index is 11.2. The molecule has 0 aromatic heterocycles. The van der Waals surface area contributed by atoms with E-state index in [0.717, 1.165) is 24.8 Å². The van der Waals surface area contributed by atoms with Crippen LogP contribution in [0.1, 0.15) is 49.3 Å². The van der Waals surface area contributed by atoms with Gasteiger partial charge in [-0.1, -0.05) is 74.0 Å². The van der Waals surface area contributed by atoms with Crippen LogP contribution in [-0.4, -0.2) is 28.0 Å². The summed E-state index contributed by atoms with van der Waals surface area (Å²) in [5.41, 5.74) is 2.19. The topological polar surface area (TPSA) is 43.7 Å². The van der Waals surface area contributed by atoms with Crippen LogP contribution in [0.5, 0.6) is 0 Å². The summed E-state index contributed by atoms with van der Waals surface area (Å²) in [6.45, 7) is 2.79. The second-order valence-corrected chi connectivity index (χ2v) is 6.76. The van der Waals surface area contributed by atoms with Crippen LogP contribution in [-0.2, 0) is 0 Å². The SMILES string of the molecule is CCC[C@H]1[C@H](C(O)c2ccccc2)C(c2ccccc2)CCN1O. The van der Waals surface area contributed by atoms with Crippen molar-refractivity contribution in [3.63, 3.8) is 0 Å². The summed E-state index contributed by atoms with van der Waals surface area (Å²) in [5, 5.41) is 23.1.